The van der Waals surface area contributed by atoms with Gasteiger partial charge in [-0.3, -0.25) is 4.21 Å². The van der Waals surface area contributed by atoms with Crippen molar-refractivity contribution < 1.29 is 63.2 Å². The maximum atomic E-state index is 15.3. The minimum atomic E-state index is -3.74. The monoisotopic (exact) mass is 1890 g/mol. The number of benzene rings is 6. The van der Waals surface area contributed by atoms with Gasteiger partial charge in [0, 0.05) is 80.0 Å². The molecule has 6 aromatic carbocycles. The van der Waals surface area contributed by atoms with Crippen molar-refractivity contribution in [3.63, 3.8) is 0 Å². The highest BCUT2D eigenvalue weighted by molar-refractivity contribution is 9.10. The third kappa shape index (κ3) is 24.2. The normalized spacial score (nSPS) is 17.0. The van der Waals surface area contributed by atoms with Crippen LogP contribution in [0.1, 0.15) is 96.1 Å². The molecule has 1 atom stereocenters. The summed E-state index contributed by atoms with van der Waals surface area (Å²) in [7, 11) is 3.57. The maximum absolute atomic E-state index is 15.3. The van der Waals surface area contributed by atoms with E-state index in [1.807, 2.05) is 52.0 Å². The molecule has 6 aromatic heterocycles. The quantitative estimate of drug-likeness (QED) is 0.0561. The number of sulfone groups is 2. The molecule has 0 spiro atoms. The van der Waals surface area contributed by atoms with Gasteiger partial charge in [-0.05, 0) is 245 Å². The van der Waals surface area contributed by atoms with Crippen molar-refractivity contribution in [2.45, 2.75) is 146 Å². The van der Waals surface area contributed by atoms with Gasteiger partial charge in [0.2, 0.25) is 34.2 Å². The van der Waals surface area contributed by atoms with Gasteiger partial charge in [-0.15, -0.1) is 0 Å². The Labute approximate surface area is 743 Å². The SMILES string of the molecule is CN(C)C1CCC(N)CC1.COc1nc(CS(=O)(=O)c2ccccc2Cl)ccc1-c1cc(F)c2nc(Cl)ncc2c1.COc1nc(CS(=O)(=O)c2ccccc2Cl)ccc1-c1cc(F)c2nc(NC3CCC(N(C)C)CC3)ncc2c1.COc1nc(CS(=O)c2ccccc2Cl)ccc1B1OC(C)(C)C(C)(C)O1.Fc1cc(Br)cc2cnc(Cl)nc12.O. The second kappa shape index (κ2) is 42.0. The van der Waals surface area contributed by atoms with Crippen molar-refractivity contribution in [3.05, 3.63) is 229 Å². The van der Waals surface area contributed by atoms with Gasteiger partial charge in [-0.1, -0.05) is 93.2 Å². The highest BCUT2D eigenvalue weighted by atomic mass is 79.9. The minimum absolute atomic E-state index is 0. The van der Waals surface area contributed by atoms with E-state index in [2.05, 4.69) is 104 Å². The molecule has 122 heavy (non-hydrogen) atoms. The Balaban J connectivity index is 0.000000171. The van der Waals surface area contributed by atoms with E-state index in [0.29, 0.717) is 87.9 Å². The summed E-state index contributed by atoms with van der Waals surface area (Å²) in [6, 6.07) is 41.0. The Morgan fingerprint density at radius 2 is 0.934 bits per heavy atom. The molecule has 0 amide bonds. The number of ether oxygens (including phenoxy) is 3. The standard InChI is InChI=1S/C29H31ClFN5O3S.C21H14Cl2FN3O3S.C19H23BClNO4S.C8H3BrClFN2.C8H18N2.H2O/c1-36(2)22-11-8-20(9-12-22)34-29-32-16-19-14-18(15-25(31)27(19)35-29)23-13-10-21(33-28(23)39-3)17-40(37,38)26-7-5-4-6-24(26)30;1-30-20-15(12-8-13-10-25-21(23)27-19(13)17(24)9-12)7-6-14(26-20)11-31(28,29)18-5-3-2-4-16(18)22;1-18(2)19(3,4)26-20(25-18)14-11-10-13(22-17(14)24-5)12-27(23)16-9-7-6-8-15(16)21;9-5-1-4-3-12-8(10)13-7(4)6(11)2-5;1-10(2)8-5-3-7(9)4-6-8;/h4-7,10,13-16,20,22H,8-9,11-12,17H2,1-3H3,(H,32,34,35);2-10H,11H2,1H3;6-11H,12H2,1-5H3;1-3H;7-8H,3-6,9H2,1-2H3;1H2. The summed E-state index contributed by atoms with van der Waals surface area (Å²) in [5.74, 6) is -0.828. The molecular weight excluding hydrogens is 1800 g/mol. The molecule has 3 aliphatic rings. The lowest BCUT2D eigenvalue weighted by atomic mass is 9.79. The van der Waals surface area contributed by atoms with Gasteiger partial charge in [-0.2, -0.15) is 0 Å². The number of nitrogens with zero attached hydrogens (tertiary/aromatic N) is 11. The zero-order valence-electron chi connectivity index (χ0n) is 68.5. The average Bonchev–Trinajstić information content (AvgIpc) is 1.59. The van der Waals surface area contributed by atoms with Crippen molar-refractivity contribution in [1.82, 2.24) is 54.7 Å². The molecule has 24 nitrogen and oxygen atoms in total. The van der Waals surface area contributed by atoms with Crippen LogP contribution < -0.4 is 30.7 Å². The molecule has 0 radical (unpaired) electrons. The number of nitrogens with one attached hydrogen (secondary N) is 1. The summed E-state index contributed by atoms with van der Waals surface area (Å²) in [5, 5.41) is 5.74. The topological polar surface area (TPSA) is 324 Å². The zero-order valence-corrected chi connectivity index (χ0v) is 76.3. The first-order valence-electron chi connectivity index (χ1n) is 38.2. The van der Waals surface area contributed by atoms with Gasteiger partial charge in [0.1, 0.15) is 28.2 Å². The van der Waals surface area contributed by atoms with Gasteiger partial charge in [-0.25, -0.2) is 74.9 Å². The summed E-state index contributed by atoms with van der Waals surface area (Å²) in [5.41, 5.74) is 9.31. The van der Waals surface area contributed by atoms with Crippen LogP contribution in [-0.4, -0.2) is 173 Å². The first kappa shape index (κ1) is 95.8. The number of pyridine rings is 3. The number of methoxy groups -OCH3 is 3. The van der Waals surface area contributed by atoms with E-state index in [0.717, 1.165) is 31.7 Å². The molecule has 1 aliphatic heterocycles. The average molecular weight is 1890 g/mol. The minimum Gasteiger partial charge on any atom is -0.481 e. The Kier molecular flexibility index (Phi) is 33.0. The van der Waals surface area contributed by atoms with Gasteiger partial charge in [0.15, 0.2) is 25.5 Å². The molecule has 5 N–H and O–H groups in total. The van der Waals surface area contributed by atoms with Crippen LogP contribution in [0, 0.1) is 17.5 Å². The van der Waals surface area contributed by atoms with E-state index in [4.69, 9.17) is 87.3 Å². The molecule has 2 saturated carbocycles. The lowest BCUT2D eigenvalue weighted by molar-refractivity contribution is 0.00578. The van der Waals surface area contributed by atoms with Gasteiger partial charge < -0.3 is 49.8 Å². The molecule has 3 fully saturated rings. The van der Waals surface area contributed by atoms with Crippen LogP contribution in [0.25, 0.3) is 55.0 Å². The van der Waals surface area contributed by atoms with Crippen molar-refractivity contribution in [2.24, 2.45) is 5.73 Å². The van der Waals surface area contributed by atoms with Gasteiger partial charge in [0.25, 0.3) is 0 Å². The molecule has 646 valence electrons. The van der Waals surface area contributed by atoms with Gasteiger partial charge >= 0.3 is 7.12 Å². The molecule has 0 bridgehead atoms. The van der Waals surface area contributed by atoms with Crippen LogP contribution in [0.15, 0.2) is 183 Å². The number of nitrogens with two attached hydrogens (primary N) is 1. The van der Waals surface area contributed by atoms with Crippen molar-refractivity contribution in [1.29, 1.82) is 0 Å². The molecule has 1 unspecified atom stereocenters. The zero-order chi connectivity index (χ0) is 87.4. The lowest BCUT2D eigenvalue weighted by Crippen LogP contribution is -2.41. The van der Waals surface area contributed by atoms with Crippen LogP contribution in [-0.2, 0) is 57.0 Å². The Morgan fingerprint density at radius 3 is 1.39 bits per heavy atom. The number of halogens is 9. The Bertz CT molecular complexity index is 5980. The lowest BCUT2D eigenvalue weighted by Gasteiger charge is -2.32. The summed E-state index contributed by atoms with van der Waals surface area (Å²) in [4.78, 5) is 42.7. The van der Waals surface area contributed by atoms with Gasteiger partial charge in [0.05, 0.1) is 107 Å². The van der Waals surface area contributed by atoms with E-state index in [-0.39, 0.29) is 98.9 Å². The number of rotatable bonds is 19. The fourth-order valence-electron chi connectivity index (χ4n) is 13.7. The van der Waals surface area contributed by atoms with E-state index < -0.39 is 66.2 Å². The molecule has 7 heterocycles. The first-order chi connectivity index (χ1) is 57.4. The van der Waals surface area contributed by atoms with Crippen LogP contribution in [0.5, 0.6) is 17.6 Å². The smallest absolute Gasteiger partial charge is 0.481 e. The van der Waals surface area contributed by atoms with E-state index in [1.165, 1.54) is 94.8 Å². The molecule has 2 aliphatic carbocycles. The summed E-state index contributed by atoms with van der Waals surface area (Å²) in [6.45, 7) is 7.98. The number of hydrogen-bond donors (Lipinski definition) is 2. The second-order valence-electron chi connectivity index (χ2n) is 30.2. The van der Waals surface area contributed by atoms with Crippen LogP contribution in [0.2, 0.25) is 25.6 Å². The van der Waals surface area contributed by atoms with Crippen LogP contribution >= 0.6 is 73.9 Å². The van der Waals surface area contributed by atoms with Crippen molar-refractivity contribution in [2.75, 3.05) is 54.8 Å². The fourth-order valence-corrected chi connectivity index (χ4v) is 19.6. The number of aromatic nitrogens is 9. The number of anilines is 1. The maximum Gasteiger partial charge on any atom is 0.500 e. The number of fused-ring (bicyclic) bond motifs is 3. The summed E-state index contributed by atoms with van der Waals surface area (Å²) in [6.07, 6.45) is 13.7. The first-order valence-corrected chi connectivity index (χ1v) is 45.5. The largest absolute Gasteiger partial charge is 0.500 e. The highest BCUT2D eigenvalue weighted by Gasteiger charge is 2.53. The Hall–Kier alpha value is -8.42. The summed E-state index contributed by atoms with van der Waals surface area (Å²) >= 11 is 32.7. The number of hydrogen-bond acceptors (Lipinski definition) is 23. The van der Waals surface area contributed by atoms with Crippen LogP contribution in [0.4, 0.5) is 19.1 Å². The highest BCUT2D eigenvalue weighted by Crippen LogP contribution is 2.40. The van der Waals surface area contributed by atoms with E-state index in [9.17, 15) is 29.8 Å². The third-order valence-electron chi connectivity index (χ3n) is 20.9. The third-order valence-corrected chi connectivity index (χ3v) is 27.9. The molecular formula is C85H91BBrCl5F3N13O11S3. The van der Waals surface area contributed by atoms with E-state index >= 15 is 4.39 Å². The predicted octanol–water partition coefficient (Wildman–Crippen LogP) is 17.4. The van der Waals surface area contributed by atoms with Crippen molar-refractivity contribution in [3.8, 4) is 39.9 Å². The molecule has 12 aromatic rings. The van der Waals surface area contributed by atoms with Crippen LogP contribution in [0.3, 0.4) is 0 Å². The second-order valence-corrected chi connectivity index (χ2v) is 38.4. The van der Waals surface area contributed by atoms with E-state index in [1.54, 1.807) is 92.2 Å². The van der Waals surface area contributed by atoms with Crippen molar-refractivity contribution >= 4 is 156 Å². The molecule has 15 rings (SSSR count). The fraction of sp³-hybridized carbons (Fsp3) is 0.329. The summed E-state index contributed by atoms with van der Waals surface area (Å²) < 4.78 is 136. The molecule has 37 heteroatoms. The Morgan fingerprint density at radius 1 is 0.525 bits per heavy atom. The predicted molar refractivity (Wildman–Crippen MR) is 479 cm³/mol. The molecule has 1 saturated heterocycles.